The molecule has 0 bridgehead atoms. The zero-order valence-electron chi connectivity index (χ0n) is 41.7. The van der Waals surface area contributed by atoms with E-state index in [4.69, 9.17) is 25.4 Å². The molecule has 1 unspecified atom stereocenters. The number of benzene rings is 3. The molecule has 71 heavy (non-hydrogen) atoms. The third-order valence-electron chi connectivity index (χ3n) is 11.1. The highest BCUT2D eigenvalue weighted by atomic mass is 35.5. The summed E-state index contributed by atoms with van der Waals surface area (Å²) >= 11 is 5.96. The zero-order chi connectivity index (χ0) is 51.8. The van der Waals surface area contributed by atoms with Gasteiger partial charge in [0.2, 0.25) is 23.6 Å². The monoisotopic (exact) mass is 1020 g/mol. The molecule has 0 aliphatic carbocycles. The summed E-state index contributed by atoms with van der Waals surface area (Å²) in [6.45, 7) is 15.6. The summed E-state index contributed by atoms with van der Waals surface area (Å²) in [6.07, 6.45) is 4.08. The van der Waals surface area contributed by atoms with E-state index in [0.717, 1.165) is 33.8 Å². The first-order valence-electron chi connectivity index (χ1n) is 24.3. The van der Waals surface area contributed by atoms with Gasteiger partial charge in [-0.2, -0.15) is 0 Å². The van der Waals surface area contributed by atoms with E-state index in [1.54, 1.807) is 39.1 Å². The maximum Gasteiger partial charge on any atom is 0.527 e. The van der Waals surface area contributed by atoms with Gasteiger partial charge in [0.05, 0.1) is 18.2 Å². The van der Waals surface area contributed by atoms with Gasteiger partial charge in [0.25, 0.3) is 0 Å². The van der Waals surface area contributed by atoms with Crippen molar-refractivity contribution in [3.8, 4) is 5.75 Å². The highest BCUT2D eigenvalue weighted by Crippen LogP contribution is 2.45. The van der Waals surface area contributed by atoms with Crippen LogP contribution in [-0.4, -0.2) is 113 Å². The van der Waals surface area contributed by atoms with Crippen LogP contribution in [-0.2, 0) is 45.8 Å². The Kier molecular flexibility index (Phi) is 23.9. The molecule has 0 fully saturated rings. The minimum absolute atomic E-state index is 0.00504. The van der Waals surface area contributed by atoms with Crippen molar-refractivity contribution in [1.29, 1.82) is 0 Å². The molecule has 2 heterocycles. The average Bonchev–Trinajstić information content (AvgIpc) is 3.94. The number of phosphoric acid groups is 1. The Morgan fingerprint density at radius 2 is 1.39 bits per heavy atom. The van der Waals surface area contributed by atoms with Gasteiger partial charge in [0, 0.05) is 60.7 Å². The van der Waals surface area contributed by atoms with Crippen molar-refractivity contribution < 1.29 is 47.2 Å². The largest absolute Gasteiger partial charge is 0.527 e. The standard InChI is InChI=1S/C45H57ClN7O10P.C6H15N/c1-45(2,3)62-44(58)53-38(27-32-25-30-15-6-9-18-35(30)51-32)43(57)52-37(26-31-28-49-36-19-10-7-16-33(31)36)42(56)48-23-14-21-40(54)50-29-41(55)47-22-12-4-5-13-24-61-64(59,60)63-39-20-11-8-17-34(39)46;1-4-7(5-2)6-3/h6-11,15-20,25,28,37-38,49,51H,4-5,12-14,21-24,26-27,29H2,1-3H3,(H,47,55)(H,48,56)(H,50,54)(H,52,57)(H,53,58)(H,59,60);4-6H2,1-3H3/t37-,38+;/m1./s1. The van der Waals surface area contributed by atoms with E-state index >= 15 is 0 Å². The molecule has 0 radical (unpaired) electrons. The molecular weight excluding hydrogens is 951 g/mol. The number of carbonyl (C=O) groups excluding carboxylic acids is 5. The zero-order valence-corrected chi connectivity index (χ0v) is 43.4. The predicted octanol–water partition coefficient (Wildman–Crippen LogP) is 7.70. The quantitative estimate of drug-likeness (QED) is 0.0187. The van der Waals surface area contributed by atoms with Gasteiger partial charge in [-0.05, 0) is 101 Å². The van der Waals surface area contributed by atoms with E-state index in [1.165, 1.54) is 31.8 Å². The number of carbonyl (C=O) groups is 5. The Balaban J connectivity index is 0.00000145. The molecule has 3 atom stereocenters. The number of unbranched alkanes of at least 4 members (excludes halogenated alkanes) is 3. The molecule has 0 saturated carbocycles. The highest BCUT2D eigenvalue weighted by molar-refractivity contribution is 7.47. The van der Waals surface area contributed by atoms with Gasteiger partial charge >= 0.3 is 13.9 Å². The van der Waals surface area contributed by atoms with Crippen molar-refractivity contribution >= 4 is 71.0 Å². The van der Waals surface area contributed by atoms with Gasteiger partial charge in [-0.25, -0.2) is 9.36 Å². The number of H-pyrrole nitrogens is 2. The van der Waals surface area contributed by atoms with E-state index in [2.05, 4.69) is 62.2 Å². The minimum atomic E-state index is -4.32. The summed E-state index contributed by atoms with van der Waals surface area (Å²) in [7, 11) is -4.32. The Labute approximate surface area is 421 Å². The van der Waals surface area contributed by atoms with E-state index in [-0.39, 0.29) is 68.0 Å². The molecule has 5 aromatic rings. The summed E-state index contributed by atoms with van der Waals surface area (Å²) in [6, 6.07) is 21.3. The molecule has 0 spiro atoms. The molecule has 8 N–H and O–H groups in total. The highest BCUT2D eigenvalue weighted by Gasteiger charge is 2.30. The third-order valence-corrected chi connectivity index (χ3v) is 12.4. The first-order chi connectivity index (χ1) is 33.9. The number of para-hydroxylation sites is 3. The number of halogens is 1. The average molecular weight is 1020 g/mol. The molecule has 0 saturated heterocycles. The van der Waals surface area contributed by atoms with Crippen molar-refractivity contribution in [2.75, 3.05) is 45.9 Å². The van der Waals surface area contributed by atoms with Gasteiger partial charge in [-0.15, -0.1) is 0 Å². The van der Waals surface area contributed by atoms with Gasteiger partial charge in [0.1, 0.15) is 23.4 Å². The molecule has 20 heteroatoms. The molecule has 3 aromatic carbocycles. The van der Waals surface area contributed by atoms with Gasteiger partial charge in [-0.1, -0.05) is 93.7 Å². The Morgan fingerprint density at radius 1 is 0.746 bits per heavy atom. The molecule has 5 rings (SSSR count). The van der Waals surface area contributed by atoms with E-state index in [9.17, 15) is 33.4 Å². The summed E-state index contributed by atoms with van der Waals surface area (Å²) in [5.74, 6) is -1.76. The maximum atomic E-state index is 14.0. The van der Waals surface area contributed by atoms with Crippen LogP contribution in [0, 0.1) is 0 Å². The fourth-order valence-corrected chi connectivity index (χ4v) is 8.41. The van der Waals surface area contributed by atoms with Gasteiger partial charge in [-0.3, -0.25) is 28.6 Å². The Hall–Kier alpha value is -5.91. The number of nitrogens with zero attached hydrogens (tertiary/aromatic N) is 1. The van der Waals surface area contributed by atoms with Gasteiger partial charge in [0.15, 0.2) is 0 Å². The summed E-state index contributed by atoms with van der Waals surface area (Å²) < 4.78 is 27.7. The number of rotatable bonds is 27. The van der Waals surface area contributed by atoms with Crippen LogP contribution in [0.1, 0.15) is 91.3 Å². The molecule has 0 aliphatic heterocycles. The maximum absolute atomic E-state index is 14.0. The van der Waals surface area contributed by atoms with Crippen molar-refractivity contribution in [2.24, 2.45) is 0 Å². The van der Waals surface area contributed by atoms with Crippen molar-refractivity contribution in [3.05, 3.63) is 101 Å². The SMILES string of the molecule is CC(C)(C)OC(=O)N[C@@H](Cc1cc2ccccc2[nH]1)C(=O)N[C@H](Cc1c[nH]c2ccccc12)C(=O)NCCCC(=O)NCC(=O)NCCCCCCOP(=O)(O)Oc1ccccc1Cl.CCN(CC)CC. The fraction of sp³-hybridized carbons (Fsp3) is 0.471. The second kappa shape index (κ2) is 29.4. The van der Waals surface area contributed by atoms with E-state index in [1.807, 2.05) is 54.6 Å². The van der Waals surface area contributed by atoms with Crippen LogP contribution in [0.15, 0.2) is 85.1 Å². The number of phosphoric ester groups is 1. The number of ether oxygens (including phenoxy) is 1. The number of aromatic amines is 2. The molecule has 388 valence electrons. The second-order valence-corrected chi connectivity index (χ2v) is 19.6. The lowest BCUT2D eigenvalue weighted by Crippen LogP contribution is -2.55. The Morgan fingerprint density at radius 3 is 2.08 bits per heavy atom. The molecule has 0 aliphatic rings. The third kappa shape index (κ3) is 21.1. The van der Waals surface area contributed by atoms with Crippen LogP contribution >= 0.6 is 19.4 Å². The number of fused-ring (bicyclic) bond motifs is 2. The number of hydrogen-bond donors (Lipinski definition) is 8. The fourth-order valence-electron chi connectivity index (χ4n) is 7.37. The molecule has 2 aromatic heterocycles. The first-order valence-corrected chi connectivity index (χ1v) is 26.1. The van der Waals surface area contributed by atoms with Crippen molar-refractivity contribution in [2.45, 2.75) is 111 Å². The topological polar surface area (TPSA) is 245 Å². The summed E-state index contributed by atoms with van der Waals surface area (Å²) in [5.41, 5.74) is 2.41. The summed E-state index contributed by atoms with van der Waals surface area (Å²) in [4.78, 5) is 84.4. The number of amides is 5. The summed E-state index contributed by atoms with van der Waals surface area (Å²) in [5, 5.41) is 15.7. The molecule has 18 nitrogen and oxygen atoms in total. The number of nitrogens with one attached hydrogen (secondary N) is 7. The predicted molar refractivity (Wildman–Crippen MR) is 277 cm³/mol. The van der Waals surface area contributed by atoms with Crippen LogP contribution in [0.3, 0.4) is 0 Å². The molecule has 5 amide bonds. The van der Waals surface area contributed by atoms with E-state index < -0.39 is 43.4 Å². The smallest absolute Gasteiger partial charge is 0.444 e. The lowest BCUT2D eigenvalue weighted by molar-refractivity contribution is -0.130. The number of hydrogen-bond acceptors (Lipinski definition) is 10. The van der Waals surface area contributed by atoms with E-state index in [0.29, 0.717) is 31.5 Å². The normalized spacial score (nSPS) is 13.0. The molecular formula is C51H72ClN8O10P. The van der Waals surface area contributed by atoms with Crippen LogP contribution in [0.4, 0.5) is 4.79 Å². The first kappa shape index (κ1) is 57.7. The van der Waals surface area contributed by atoms with Crippen LogP contribution in [0.2, 0.25) is 5.02 Å². The number of alkyl carbamates (subject to hydrolysis) is 1. The lowest BCUT2D eigenvalue weighted by Gasteiger charge is -2.25. The second-order valence-electron chi connectivity index (χ2n) is 17.8. The van der Waals surface area contributed by atoms with Crippen LogP contribution < -0.4 is 31.1 Å². The van der Waals surface area contributed by atoms with Crippen LogP contribution in [0.5, 0.6) is 5.75 Å². The van der Waals surface area contributed by atoms with Crippen molar-refractivity contribution in [3.63, 3.8) is 0 Å². The van der Waals surface area contributed by atoms with Crippen LogP contribution in [0.25, 0.3) is 21.8 Å². The number of aromatic nitrogens is 2. The van der Waals surface area contributed by atoms with Crippen molar-refractivity contribution in [1.82, 2.24) is 41.5 Å². The van der Waals surface area contributed by atoms with Gasteiger partial charge < -0.3 is 50.7 Å². The Bertz CT molecular complexity index is 2480. The minimum Gasteiger partial charge on any atom is -0.444 e. The lowest BCUT2D eigenvalue weighted by atomic mass is 10.0.